The van der Waals surface area contributed by atoms with Gasteiger partial charge in [0.15, 0.2) is 0 Å². The lowest BCUT2D eigenvalue weighted by Crippen LogP contribution is -2.51. The van der Waals surface area contributed by atoms with Crippen LogP contribution in [0, 0.1) is 0 Å². The van der Waals surface area contributed by atoms with Crippen LogP contribution in [0.1, 0.15) is 35.8 Å². The maximum Gasteiger partial charge on any atom is 0.328 e. The summed E-state index contributed by atoms with van der Waals surface area (Å²) >= 11 is 0. The quantitative estimate of drug-likeness (QED) is 0.639. The van der Waals surface area contributed by atoms with Gasteiger partial charge in [-0.2, -0.15) is 0 Å². The van der Waals surface area contributed by atoms with Gasteiger partial charge >= 0.3 is 18.0 Å². The van der Waals surface area contributed by atoms with Gasteiger partial charge in [0.2, 0.25) is 0 Å². The topological polar surface area (TPSA) is 123 Å². The Kier molecular flexibility index (Phi) is 7.11. The number of hydrogen-bond acceptors (Lipinski definition) is 7. The number of nitrogens with one attached hydrogen (secondary N) is 2. The standard InChI is InChI=1S/C21H26N4O6/c1-29-16-7-5-4-6-13(16)19-18-14(22-12-23-18)10-11-25(19)21(28)24-15(20(27)31-3)8-9-17(26)30-2/h4-7,12,15,19H,8-11H2,1-3H3,(H,22,23)(H,24,28)/t15-,19+/m0/s1. The SMILES string of the molecule is COC(=O)CC[C@H](NC(=O)N1CCc2[nH]cnc2[C@H]1c1ccccc1OC)C(=O)OC. The zero-order valence-corrected chi connectivity index (χ0v) is 17.7. The second-order valence-corrected chi connectivity index (χ2v) is 6.99. The minimum Gasteiger partial charge on any atom is -0.496 e. The van der Waals surface area contributed by atoms with E-state index < -0.39 is 30.1 Å². The van der Waals surface area contributed by atoms with Crippen molar-refractivity contribution in [3.63, 3.8) is 0 Å². The summed E-state index contributed by atoms with van der Waals surface area (Å²) in [7, 11) is 4.06. The molecular weight excluding hydrogens is 404 g/mol. The van der Waals surface area contributed by atoms with Crippen LogP contribution in [-0.4, -0.2) is 66.8 Å². The Morgan fingerprint density at radius 1 is 1.23 bits per heavy atom. The first kappa shape index (κ1) is 22.1. The molecule has 31 heavy (non-hydrogen) atoms. The van der Waals surface area contributed by atoms with Crippen molar-refractivity contribution < 1.29 is 28.6 Å². The van der Waals surface area contributed by atoms with Gasteiger partial charge in [0.05, 0.1) is 33.4 Å². The molecule has 166 valence electrons. The fourth-order valence-electron chi connectivity index (χ4n) is 3.69. The summed E-state index contributed by atoms with van der Waals surface area (Å²) in [6.45, 7) is 0.397. The average molecular weight is 430 g/mol. The van der Waals surface area contributed by atoms with Gasteiger partial charge in [-0.25, -0.2) is 14.6 Å². The number of benzene rings is 1. The summed E-state index contributed by atoms with van der Waals surface area (Å²) in [5, 5.41) is 2.70. The predicted molar refractivity (Wildman–Crippen MR) is 109 cm³/mol. The number of ether oxygens (including phenoxy) is 3. The van der Waals surface area contributed by atoms with Crippen LogP contribution in [0.4, 0.5) is 4.79 Å². The molecule has 0 spiro atoms. The lowest BCUT2D eigenvalue weighted by molar-refractivity contribution is -0.144. The van der Waals surface area contributed by atoms with Gasteiger partial charge in [-0.15, -0.1) is 0 Å². The van der Waals surface area contributed by atoms with Crippen LogP contribution in [0.5, 0.6) is 5.75 Å². The molecule has 10 heteroatoms. The van der Waals surface area contributed by atoms with Crippen molar-refractivity contribution in [3.05, 3.63) is 47.5 Å². The van der Waals surface area contributed by atoms with Gasteiger partial charge in [-0.3, -0.25) is 4.79 Å². The number of aromatic nitrogens is 2. The van der Waals surface area contributed by atoms with E-state index in [1.165, 1.54) is 14.2 Å². The van der Waals surface area contributed by atoms with Crippen molar-refractivity contribution in [1.29, 1.82) is 0 Å². The Bertz CT molecular complexity index is 943. The van der Waals surface area contributed by atoms with Gasteiger partial charge in [0, 0.05) is 30.6 Å². The number of aromatic amines is 1. The number of rotatable bonds is 7. The first-order valence-corrected chi connectivity index (χ1v) is 9.87. The lowest BCUT2D eigenvalue weighted by atomic mass is 9.95. The van der Waals surface area contributed by atoms with Gasteiger partial charge in [-0.1, -0.05) is 18.2 Å². The third-order valence-corrected chi connectivity index (χ3v) is 5.27. The van der Waals surface area contributed by atoms with E-state index in [1.54, 1.807) is 18.3 Å². The smallest absolute Gasteiger partial charge is 0.328 e. The van der Waals surface area contributed by atoms with Crippen LogP contribution >= 0.6 is 0 Å². The molecule has 0 saturated carbocycles. The highest BCUT2D eigenvalue weighted by molar-refractivity contribution is 5.84. The van der Waals surface area contributed by atoms with Gasteiger partial charge in [0.25, 0.3) is 0 Å². The highest BCUT2D eigenvalue weighted by Crippen LogP contribution is 2.37. The number of H-pyrrole nitrogens is 1. The van der Waals surface area contributed by atoms with Crippen LogP contribution in [0.3, 0.4) is 0 Å². The molecule has 2 heterocycles. The molecule has 2 N–H and O–H groups in total. The van der Waals surface area contributed by atoms with Crippen LogP contribution in [0.2, 0.25) is 0 Å². The van der Waals surface area contributed by atoms with Crippen LogP contribution < -0.4 is 10.1 Å². The number of methoxy groups -OCH3 is 3. The van der Waals surface area contributed by atoms with E-state index in [-0.39, 0.29) is 12.8 Å². The molecule has 2 amide bonds. The molecule has 3 rings (SSSR count). The zero-order valence-electron chi connectivity index (χ0n) is 17.7. The number of nitrogens with zero attached hydrogens (tertiary/aromatic N) is 2. The third kappa shape index (κ3) is 4.79. The largest absolute Gasteiger partial charge is 0.496 e. The molecule has 0 bridgehead atoms. The molecule has 1 aliphatic rings. The number of para-hydroxylation sites is 1. The number of hydrogen-bond donors (Lipinski definition) is 2. The highest BCUT2D eigenvalue weighted by Gasteiger charge is 2.37. The minimum atomic E-state index is -0.990. The molecular formula is C21H26N4O6. The number of carbonyl (C=O) groups is 3. The summed E-state index contributed by atoms with van der Waals surface area (Å²) in [6.07, 6.45) is 2.21. The van der Waals surface area contributed by atoms with Gasteiger partial charge < -0.3 is 29.4 Å². The third-order valence-electron chi connectivity index (χ3n) is 5.27. The molecule has 0 unspecified atom stereocenters. The number of carbonyl (C=O) groups excluding carboxylic acids is 3. The molecule has 1 aromatic carbocycles. The number of imidazole rings is 1. The average Bonchev–Trinajstić information content (AvgIpc) is 3.29. The summed E-state index contributed by atoms with van der Waals surface area (Å²) in [5.74, 6) is -0.492. The van der Waals surface area contributed by atoms with E-state index in [0.29, 0.717) is 18.7 Å². The Morgan fingerprint density at radius 3 is 2.71 bits per heavy atom. The fourth-order valence-corrected chi connectivity index (χ4v) is 3.69. The van der Waals surface area contributed by atoms with E-state index >= 15 is 0 Å². The van der Waals surface area contributed by atoms with Crippen molar-refractivity contribution in [1.82, 2.24) is 20.2 Å². The highest BCUT2D eigenvalue weighted by atomic mass is 16.5. The van der Waals surface area contributed by atoms with E-state index in [0.717, 1.165) is 17.0 Å². The Labute approximate surface area is 179 Å². The van der Waals surface area contributed by atoms with Crippen LogP contribution in [0.25, 0.3) is 0 Å². The monoisotopic (exact) mass is 430 g/mol. The van der Waals surface area contributed by atoms with Crippen molar-refractivity contribution in [3.8, 4) is 5.75 Å². The molecule has 1 aliphatic heterocycles. The molecule has 2 aromatic rings. The van der Waals surface area contributed by atoms with Gasteiger partial charge in [-0.05, 0) is 12.5 Å². The van der Waals surface area contributed by atoms with E-state index in [1.807, 2.05) is 24.3 Å². The lowest BCUT2D eigenvalue weighted by Gasteiger charge is -2.36. The molecule has 10 nitrogen and oxygen atoms in total. The maximum atomic E-state index is 13.3. The molecule has 0 fully saturated rings. The first-order chi connectivity index (χ1) is 15.0. The van der Waals surface area contributed by atoms with Crippen molar-refractivity contribution in [2.45, 2.75) is 31.3 Å². The fraction of sp³-hybridized carbons (Fsp3) is 0.429. The Hall–Kier alpha value is -3.56. The van der Waals surface area contributed by atoms with Gasteiger partial charge in [0.1, 0.15) is 17.8 Å². The van der Waals surface area contributed by atoms with E-state index in [2.05, 4.69) is 20.0 Å². The summed E-state index contributed by atoms with van der Waals surface area (Å²) in [6, 6.07) is 5.44. The first-order valence-electron chi connectivity index (χ1n) is 9.87. The number of esters is 2. The normalized spacial score (nSPS) is 16.1. The zero-order chi connectivity index (χ0) is 22.4. The van der Waals surface area contributed by atoms with Crippen LogP contribution in [0.15, 0.2) is 30.6 Å². The number of fused-ring (bicyclic) bond motifs is 1. The number of amides is 2. The molecule has 2 atom stereocenters. The maximum absolute atomic E-state index is 13.3. The summed E-state index contributed by atoms with van der Waals surface area (Å²) in [5.41, 5.74) is 2.43. The second kappa shape index (κ2) is 9.96. The predicted octanol–water partition coefficient (Wildman–Crippen LogP) is 1.57. The summed E-state index contributed by atoms with van der Waals surface area (Å²) in [4.78, 5) is 46.1. The van der Waals surface area contributed by atoms with Crippen molar-refractivity contribution in [2.24, 2.45) is 0 Å². The van der Waals surface area contributed by atoms with Crippen molar-refractivity contribution in [2.75, 3.05) is 27.9 Å². The van der Waals surface area contributed by atoms with Crippen LogP contribution in [-0.2, 0) is 25.5 Å². The second-order valence-electron chi connectivity index (χ2n) is 6.99. The Balaban J connectivity index is 1.88. The van der Waals surface area contributed by atoms with E-state index in [9.17, 15) is 14.4 Å². The molecule has 0 aliphatic carbocycles. The minimum absolute atomic E-state index is 0.0317. The summed E-state index contributed by atoms with van der Waals surface area (Å²) < 4.78 is 14.9. The Morgan fingerprint density at radius 2 is 2.00 bits per heavy atom. The number of urea groups is 1. The molecule has 0 saturated heterocycles. The molecule has 0 radical (unpaired) electrons. The van der Waals surface area contributed by atoms with E-state index in [4.69, 9.17) is 9.47 Å². The molecule has 1 aromatic heterocycles. The van der Waals surface area contributed by atoms with Crippen molar-refractivity contribution >= 4 is 18.0 Å².